The summed E-state index contributed by atoms with van der Waals surface area (Å²) in [5.41, 5.74) is 0. The first-order valence-corrected chi connectivity index (χ1v) is 2.53. The van der Waals surface area contributed by atoms with Gasteiger partial charge in [-0.3, -0.25) is 4.79 Å². The van der Waals surface area contributed by atoms with Gasteiger partial charge in [-0.1, -0.05) is 0 Å². The highest BCUT2D eigenvalue weighted by Crippen LogP contribution is 1.89. The predicted octanol–water partition coefficient (Wildman–Crippen LogP) is -0.111. The summed E-state index contributed by atoms with van der Waals surface area (Å²) in [5.74, 6) is -0.657. The molecule has 0 aliphatic heterocycles. The molecule has 0 unspecified atom stereocenters. The van der Waals surface area contributed by atoms with Crippen molar-refractivity contribution < 1.29 is 19.1 Å². The normalized spacial score (nSPS) is 10.4. The van der Waals surface area contributed by atoms with Crippen LogP contribution in [-0.2, 0) is 19.1 Å². The molecule has 0 bridgehead atoms. The van der Waals surface area contributed by atoms with Crippen molar-refractivity contribution in [3.63, 3.8) is 0 Å². The fourth-order valence-corrected chi connectivity index (χ4v) is 0.316. The van der Waals surface area contributed by atoms with Gasteiger partial charge < -0.3 is 9.47 Å². The van der Waals surface area contributed by atoms with Crippen molar-refractivity contribution in [3.8, 4) is 0 Å². The Balaban J connectivity index is 4.09. The van der Waals surface area contributed by atoms with Gasteiger partial charge in [0.25, 0.3) is 0 Å². The zero-order chi connectivity index (χ0) is 7.98. The van der Waals surface area contributed by atoms with Crippen molar-refractivity contribution in [3.05, 3.63) is 11.8 Å². The summed E-state index contributed by atoms with van der Waals surface area (Å²) < 4.78 is 8.69. The molecule has 0 radical (unpaired) electrons. The maximum atomic E-state index is 10.4. The Morgan fingerprint density at radius 3 is 2.20 bits per heavy atom. The summed E-state index contributed by atoms with van der Waals surface area (Å²) in [5, 5.41) is 0. The van der Waals surface area contributed by atoms with Gasteiger partial charge in [0.1, 0.15) is 0 Å². The molecule has 0 aliphatic rings. The highest BCUT2D eigenvalue weighted by atomic mass is 16.5. The number of rotatable bonds is 3. The van der Waals surface area contributed by atoms with E-state index in [0.717, 1.165) is 6.08 Å². The minimum Gasteiger partial charge on any atom is -0.493 e. The Morgan fingerprint density at radius 1 is 1.30 bits per heavy atom. The van der Waals surface area contributed by atoms with Gasteiger partial charge in [0.2, 0.25) is 0 Å². The number of aldehydes is 1. The van der Waals surface area contributed by atoms with E-state index < -0.39 is 5.97 Å². The topological polar surface area (TPSA) is 52.6 Å². The van der Waals surface area contributed by atoms with Gasteiger partial charge in [-0.2, -0.15) is 0 Å². The molecular formula is C6H8O4. The minimum atomic E-state index is -0.607. The van der Waals surface area contributed by atoms with Gasteiger partial charge >= 0.3 is 5.97 Å². The van der Waals surface area contributed by atoms with Crippen LogP contribution in [0.4, 0.5) is 0 Å². The standard InChI is InChI=1S/C6H8O4/c1-9-5(4-7)3-6(8)10-2/h3-4H,1-2H3/b5-3-. The molecule has 56 valence electrons. The highest BCUT2D eigenvalue weighted by Gasteiger charge is 1.97. The summed E-state index contributed by atoms with van der Waals surface area (Å²) in [6.07, 6.45) is 1.39. The molecule has 0 aromatic heterocycles. The lowest BCUT2D eigenvalue weighted by molar-refractivity contribution is -0.135. The molecule has 4 nitrogen and oxygen atoms in total. The quantitative estimate of drug-likeness (QED) is 0.240. The van der Waals surface area contributed by atoms with Gasteiger partial charge in [0, 0.05) is 0 Å². The summed E-state index contributed by atoms with van der Waals surface area (Å²) in [6.45, 7) is 0. The predicted molar refractivity (Wildman–Crippen MR) is 33.2 cm³/mol. The monoisotopic (exact) mass is 144 g/mol. The van der Waals surface area contributed by atoms with E-state index in [4.69, 9.17) is 0 Å². The van der Waals surface area contributed by atoms with E-state index in [0.29, 0.717) is 6.29 Å². The maximum absolute atomic E-state index is 10.4. The molecule has 0 fully saturated rings. The zero-order valence-corrected chi connectivity index (χ0v) is 5.79. The van der Waals surface area contributed by atoms with Crippen molar-refractivity contribution in [2.45, 2.75) is 0 Å². The van der Waals surface area contributed by atoms with Gasteiger partial charge in [-0.25, -0.2) is 4.79 Å². The van der Waals surface area contributed by atoms with Gasteiger partial charge in [-0.05, 0) is 0 Å². The van der Waals surface area contributed by atoms with Gasteiger partial charge in [0.15, 0.2) is 12.0 Å². The molecular weight excluding hydrogens is 136 g/mol. The second-order valence-corrected chi connectivity index (χ2v) is 1.39. The van der Waals surface area contributed by atoms with Gasteiger partial charge in [-0.15, -0.1) is 0 Å². The Labute approximate surface area is 58.4 Å². The molecule has 4 heteroatoms. The molecule has 10 heavy (non-hydrogen) atoms. The summed E-state index contributed by atoms with van der Waals surface area (Å²) in [6, 6.07) is 0. The van der Waals surface area contributed by atoms with Crippen molar-refractivity contribution in [2.24, 2.45) is 0 Å². The lowest BCUT2D eigenvalue weighted by Gasteiger charge is -1.94. The Bertz CT molecular complexity index is 159. The van der Waals surface area contributed by atoms with Crippen molar-refractivity contribution >= 4 is 12.3 Å². The molecule has 0 rings (SSSR count). The van der Waals surface area contributed by atoms with Crippen LogP contribution in [0, 0.1) is 0 Å². The van der Waals surface area contributed by atoms with E-state index in [1.165, 1.54) is 14.2 Å². The molecule has 0 aliphatic carbocycles. The van der Waals surface area contributed by atoms with Crippen LogP contribution in [0.25, 0.3) is 0 Å². The Hall–Kier alpha value is -1.32. The van der Waals surface area contributed by atoms with Crippen molar-refractivity contribution in [1.82, 2.24) is 0 Å². The third-order valence-electron chi connectivity index (χ3n) is 0.813. The highest BCUT2D eigenvalue weighted by molar-refractivity contribution is 5.88. The Kier molecular flexibility index (Phi) is 3.95. The van der Waals surface area contributed by atoms with Crippen LogP contribution >= 0.6 is 0 Å². The number of esters is 1. The number of methoxy groups -OCH3 is 2. The largest absolute Gasteiger partial charge is 0.493 e. The van der Waals surface area contributed by atoms with E-state index in [1.807, 2.05) is 0 Å². The van der Waals surface area contributed by atoms with Crippen LogP contribution < -0.4 is 0 Å². The SMILES string of the molecule is COC(=O)/C=C(/C=O)OC. The van der Waals surface area contributed by atoms with Crippen LogP contribution in [0.2, 0.25) is 0 Å². The molecule has 0 aromatic rings. The number of carbonyl (C=O) groups is 2. The number of carbonyl (C=O) groups excluding carboxylic acids is 2. The van der Waals surface area contributed by atoms with Crippen LogP contribution in [-0.4, -0.2) is 26.5 Å². The third-order valence-corrected chi connectivity index (χ3v) is 0.813. The first-order valence-electron chi connectivity index (χ1n) is 2.53. The van der Waals surface area contributed by atoms with Crippen molar-refractivity contribution in [1.29, 1.82) is 0 Å². The lowest BCUT2D eigenvalue weighted by Crippen LogP contribution is -1.98. The lowest BCUT2D eigenvalue weighted by atomic mass is 10.5. The van der Waals surface area contributed by atoms with E-state index in [9.17, 15) is 9.59 Å². The summed E-state index contributed by atoms with van der Waals surface area (Å²) >= 11 is 0. The summed E-state index contributed by atoms with van der Waals surface area (Å²) in [7, 11) is 2.51. The zero-order valence-electron chi connectivity index (χ0n) is 5.79. The second-order valence-electron chi connectivity index (χ2n) is 1.39. The molecule has 0 aromatic carbocycles. The van der Waals surface area contributed by atoms with E-state index in [-0.39, 0.29) is 5.76 Å². The van der Waals surface area contributed by atoms with Crippen LogP contribution in [0.1, 0.15) is 0 Å². The molecule has 0 saturated heterocycles. The number of ether oxygens (including phenoxy) is 2. The van der Waals surface area contributed by atoms with Crippen LogP contribution in [0.3, 0.4) is 0 Å². The fourth-order valence-electron chi connectivity index (χ4n) is 0.316. The number of hydrogen-bond donors (Lipinski definition) is 0. The molecule has 0 atom stereocenters. The minimum absolute atomic E-state index is 0.0492. The van der Waals surface area contributed by atoms with Crippen molar-refractivity contribution in [2.75, 3.05) is 14.2 Å². The molecule has 0 N–H and O–H groups in total. The molecule has 0 heterocycles. The van der Waals surface area contributed by atoms with E-state index in [2.05, 4.69) is 9.47 Å². The molecule has 0 saturated carbocycles. The smallest absolute Gasteiger partial charge is 0.334 e. The van der Waals surface area contributed by atoms with Gasteiger partial charge in [0.05, 0.1) is 20.3 Å². The van der Waals surface area contributed by atoms with Crippen LogP contribution in [0.5, 0.6) is 0 Å². The number of hydrogen-bond acceptors (Lipinski definition) is 4. The second kappa shape index (κ2) is 4.55. The summed E-state index contributed by atoms with van der Waals surface area (Å²) in [4.78, 5) is 20.4. The van der Waals surface area contributed by atoms with E-state index in [1.54, 1.807) is 0 Å². The first-order chi connectivity index (χ1) is 4.74. The average molecular weight is 144 g/mol. The molecule has 0 spiro atoms. The number of allylic oxidation sites excluding steroid dienone is 1. The first kappa shape index (κ1) is 8.68. The maximum Gasteiger partial charge on any atom is 0.334 e. The average Bonchev–Trinajstić information content (AvgIpc) is 1.99. The Morgan fingerprint density at radius 2 is 1.90 bits per heavy atom. The van der Waals surface area contributed by atoms with Crippen LogP contribution in [0.15, 0.2) is 11.8 Å². The third kappa shape index (κ3) is 2.86. The fraction of sp³-hybridized carbons (Fsp3) is 0.333. The van der Waals surface area contributed by atoms with E-state index >= 15 is 0 Å². The molecule has 0 amide bonds.